The van der Waals surface area contributed by atoms with Gasteiger partial charge in [0.15, 0.2) is 23.6 Å². The number of esters is 1. The lowest BCUT2D eigenvalue weighted by Crippen LogP contribution is -2.50. The van der Waals surface area contributed by atoms with Crippen molar-refractivity contribution in [3.05, 3.63) is 16.7 Å². The summed E-state index contributed by atoms with van der Waals surface area (Å²) in [5, 5.41) is 23.7. The second kappa shape index (κ2) is 11.2. The molecule has 0 aliphatic heterocycles. The van der Waals surface area contributed by atoms with E-state index in [1.165, 1.54) is 6.92 Å². The van der Waals surface area contributed by atoms with E-state index >= 15 is 0 Å². The Kier molecular flexibility index (Phi) is 8.76. The summed E-state index contributed by atoms with van der Waals surface area (Å²) in [6.07, 6.45) is -2.65. The summed E-state index contributed by atoms with van der Waals surface area (Å²) >= 11 is 0. The van der Waals surface area contributed by atoms with Crippen LogP contribution in [-0.4, -0.2) is 76.8 Å². The number of fused-ring (bicyclic) bond motifs is 1. The Morgan fingerprint density at radius 1 is 1.43 bits per heavy atom. The Balaban J connectivity index is 1.61. The van der Waals surface area contributed by atoms with E-state index in [9.17, 15) is 33.5 Å². The lowest BCUT2D eigenvalue weighted by Gasteiger charge is -2.34. The highest BCUT2D eigenvalue weighted by Gasteiger charge is 2.46. The molecular formula is C20H31F2N6O6P. The number of rotatable bonds is 10. The van der Waals surface area contributed by atoms with Crippen LogP contribution in [0.2, 0.25) is 0 Å². The number of carbonyl (C=O) groups excluding carboxylic acids is 1. The zero-order valence-electron chi connectivity index (χ0n) is 19.4. The van der Waals surface area contributed by atoms with Gasteiger partial charge in [-0.3, -0.25) is 24.2 Å². The molecule has 0 spiro atoms. The number of nitrogens with one attached hydrogen (secondary N) is 2. The van der Waals surface area contributed by atoms with Crippen molar-refractivity contribution in [2.75, 3.05) is 11.9 Å². The van der Waals surface area contributed by atoms with E-state index in [4.69, 9.17) is 10.5 Å². The summed E-state index contributed by atoms with van der Waals surface area (Å²) in [5.41, 5.74) is 1.59. The highest BCUT2D eigenvalue weighted by Crippen LogP contribution is 2.35. The van der Waals surface area contributed by atoms with Crippen LogP contribution in [0.25, 0.3) is 11.2 Å². The van der Waals surface area contributed by atoms with Crippen molar-refractivity contribution in [2.24, 2.45) is 0 Å². The number of imidazole rings is 1. The number of nitrogens with zero attached hydrogens (tertiary/aromatic N) is 3. The molecule has 1 aliphatic carbocycles. The van der Waals surface area contributed by atoms with Crippen LogP contribution < -0.4 is 16.4 Å². The molecule has 2 aromatic rings. The molecule has 0 bridgehead atoms. The van der Waals surface area contributed by atoms with Gasteiger partial charge in [0.25, 0.3) is 5.56 Å². The molecule has 1 fully saturated rings. The molecule has 0 radical (unpaired) electrons. The van der Waals surface area contributed by atoms with E-state index in [-0.39, 0.29) is 23.2 Å². The van der Waals surface area contributed by atoms with E-state index in [1.54, 1.807) is 0 Å². The van der Waals surface area contributed by atoms with Crippen molar-refractivity contribution in [3.8, 4) is 0 Å². The van der Waals surface area contributed by atoms with Gasteiger partial charge in [0, 0.05) is 6.16 Å². The highest BCUT2D eigenvalue weighted by atomic mass is 31.2. The normalized spacial score (nSPS) is 21.1. The molecule has 12 nitrogen and oxygen atoms in total. The van der Waals surface area contributed by atoms with E-state index < -0.39 is 56.2 Å². The van der Waals surface area contributed by atoms with Crippen molar-refractivity contribution in [1.82, 2.24) is 24.6 Å². The smallest absolute Gasteiger partial charge is 0.323 e. The number of hydrogen-bond acceptors (Lipinski definition) is 10. The van der Waals surface area contributed by atoms with Crippen LogP contribution in [0.5, 0.6) is 0 Å². The fourth-order valence-corrected chi connectivity index (χ4v) is 5.12. The van der Waals surface area contributed by atoms with Crippen LogP contribution in [-0.2, 0) is 9.53 Å². The quantitative estimate of drug-likeness (QED) is 0.193. The van der Waals surface area contributed by atoms with Crippen LogP contribution in [0, 0.1) is 0 Å². The number of carbonyl (C=O) groups is 1. The number of ether oxygens (including phenoxy) is 1. The first-order valence-electron chi connectivity index (χ1n) is 11.3. The summed E-state index contributed by atoms with van der Waals surface area (Å²) < 4.78 is 35.9. The molecule has 35 heavy (non-hydrogen) atoms. The second-order valence-electron chi connectivity index (χ2n) is 8.92. The van der Waals surface area contributed by atoms with Crippen LogP contribution in [0.3, 0.4) is 0 Å². The Morgan fingerprint density at radius 3 is 2.74 bits per heavy atom. The Bertz CT molecular complexity index is 1080. The summed E-state index contributed by atoms with van der Waals surface area (Å²) in [4.78, 5) is 44.1. The number of anilines is 1. The SMILES string of the molecule is C[C@H](NP(O)C[C@H](F)[C@@H](F)[C@@](C)(O)[C@@H](O)n1cnc2c(=O)[nH]c(N)nc21)C(=O)OC1CCCCC1. The third-order valence-electron chi connectivity index (χ3n) is 5.99. The van der Waals surface area contributed by atoms with Gasteiger partial charge < -0.3 is 25.6 Å². The van der Waals surface area contributed by atoms with Gasteiger partial charge in [0.1, 0.15) is 32.2 Å². The second-order valence-corrected chi connectivity index (χ2v) is 10.3. The molecule has 7 N–H and O–H groups in total. The van der Waals surface area contributed by atoms with Crippen molar-refractivity contribution in [2.45, 2.75) is 82.3 Å². The molecule has 3 rings (SSSR count). The standard InChI is InChI=1S/C20H31F2N6O6P/c1-10(17(30)34-11-6-4-3-5-7-11)27-35(33)8-12(21)14(22)20(2,32)18(31)28-9-24-13-15(28)25-19(23)26-16(13)29/h9-12,14,18,27,31-33H,3-8H2,1-2H3,(H3,23,25,26,29)/t10-,12-,14+,18+,20+,35?/m0/s1. The zero-order valence-corrected chi connectivity index (χ0v) is 20.3. The summed E-state index contributed by atoms with van der Waals surface area (Å²) in [5.74, 6) is -0.897. The van der Waals surface area contributed by atoms with Crippen molar-refractivity contribution in [1.29, 1.82) is 0 Å². The monoisotopic (exact) mass is 520 g/mol. The first kappa shape index (κ1) is 27.3. The number of alkyl halides is 2. The number of aliphatic hydroxyl groups is 2. The van der Waals surface area contributed by atoms with E-state index in [1.807, 2.05) is 0 Å². The number of aromatic nitrogens is 4. The van der Waals surface area contributed by atoms with Gasteiger partial charge >= 0.3 is 5.97 Å². The first-order chi connectivity index (χ1) is 16.4. The number of H-pyrrole nitrogens is 1. The average molecular weight is 520 g/mol. The number of aliphatic hydroxyl groups excluding tert-OH is 1. The molecule has 0 aromatic carbocycles. The molecule has 15 heteroatoms. The van der Waals surface area contributed by atoms with Crippen LogP contribution in [0.4, 0.5) is 14.7 Å². The van der Waals surface area contributed by atoms with Crippen LogP contribution >= 0.6 is 8.30 Å². The number of hydrogen-bond donors (Lipinski definition) is 6. The third kappa shape index (κ3) is 6.31. The predicted molar refractivity (Wildman–Crippen MR) is 124 cm³/mol. The van der Waals surface area contributed by atoms with Gasteiger partial charge in [-0.05, 0) is 39.5 Å². The average Bonchev–Trinajstić information content (AvgIpc) is 3.22. The fraction of sp³-hybridized carbons (Fsp3) is 0.700. The molecule has 1 aliphatic rings. The molecule has 1 unspecified atom stereocenters. The van der Waals surface area contributed by atoms with Crippen molar-refractivity contribution < 1.29 is 33.4 Å². The maximum Gasteiger partial charge on any atom is 0.323 e. The summed E-state index contributed by atoms with van der Waals surface area (Å²) in [7, 11) is -2.35. The number of nitrogens with two attached hydrogens (primary N) is 1. The fourth-order valence-electron chi connectivity index (χ4n) is 3.95. The van der Waals surface area contributed by atoms with E-state index in [0.717, 1.165) is 49.9 Å². The maximum atomic E-state index is 15.0. The largest absolute Gasteiger partial charge is 0.461 e. The van der Waals surface area contributed by atoms with Crippen molar-refractivity contribution >= 4 is 31.4 Å². The number of nitrogen functional groups attached to an aromatic ring is 1. The highest BCUT2D eigenvalue weighted by molar-refractivity contribution is 7.49. The van der Waals surface area contributed by atoms with Gasteiger partial charge in [-0.15, -0.1) is 0 Å². The van der Waals surface area contributed by atoms with Crippen LogP contribution in [0.15, 0.2) is 11.1 Å². The van der Waals surface area contributed by atoms with Crippen LogP contribution in [0.1, 0.15) is 52.2 Å². The molecule has 0 saturated heterocycles. The minimum absolute atomic E-state index is 0.189. The Labute approximate surface area is 200 Å². The predicted octanol–water partition coefficient (Wildman–Crippen LogP) is 0.778. The van der Waals surface area contributed by atoms with Gasteiger partial charge in [-0.25, -0.2) is 13.8 Å². The number of aromatic amines is 1. The van der Waals surface area contributed by atoms with Gasteiger partial charge in [0.2, 0.25) is 5.95 Å². The number of halogens is 2. The first-order valence-corrected chi connectivity index (χ1v) is 12.7. The lowest BCUT2D eigenvalue weighted by molar-refractivity contribution is -0.153. The molecule has 196 valence electrons. The molecular weight excluding hydrogens is 489 g/mol. The molecule has 2 heterocycles. The maximum absolute atomic E-state index is 15.0. The topological polar surface area (TPSA) is 189 Å². The summed E-state index contributed by atoms with van der Waals surface area (Å²) in [6, 6.07) is -0.948. The Morgan fingerprint density at radius 2 is 2.09 bits per heavy atom. The van der Waals surface area contributed by atoms with Gasteiger partial charge in [0.05, 0.1) is 6.33 Å². The minimum Gasteiger partial charge on any atom is -0.461 e. The van der Waals surface area contributed by atoms with Crippen molar-refractivity contribution in [3.63, 3.8) is 0 Å². The lowest BCUT2D eigenvalue weighted by atomic mass is 9.95. The molecule has 0 amide bonds. The zero-order chi connectivity index (χ0) is 25.9. The van der Waals surface area contributed by atoms with E-state index in [2.05, 4.69) is 20.0 Å². The molecule has 1 saturated carbocycles. The minimum atomic E-state index is -2.71. The molecule has 2 aromatic heterocycles. The summed E-state index contributed by atoms with van der Waals surface area (Å²) in [6.45, 7) is 2.30. The Hall–Kier alpha value is -2.25. The van der Waals surface area contributed by atoms with Gasteiger partial charge in [-0.1, -0.05) is 6.42 Å². The molecule has 6 atom stereocenters. The van der Waals surface area contributed by atoms with Gasteiger partial charge in [-0.2, -0.15) is 4.98 Å². The third-order valence-corrected chi connectivity index (χ3v) is 7.37. The van der Waals surface area contributed by atoms with E-state index in [0.29, 0.717) is 0 Å².